The number of rotatable bonds is 1. The molecule has 1 heterocycles. The van der Waals surface area contributed by atoms with Crippen LogP contribution in [0.15, 0.2) is 30.5 Å². The Bertz CT molecular complexity index is 490. The van der Waals surface area contributed by atoms with E-state index in [2.05, 4.69) is 10.2 Å². The number of H-pyrrole nitrogens is 1. The van der Waals surface area contributed by atoms with Crippen molar-refractivity contribution in [3.63, 3.8) is 0 Å². The van der Waals surface area contributed by atoms with Crippen molar-refractivity contribution in [2.24, 2.45) is 0 Å². The number of hydrogen-bond donors (Lipinski definition) is 1. The largest absolute Gasteiger partial charge is 0.282 e. The second-order valence-corrected chi connectivity index (χ2v) is 3.95. The molecule has 0 saturated heterocycles. The number of aryl methyl sites for hydroxylation is 1. The Morgan fingerprint density at radius 2 is 2.33 bits per heavy atom. The van der Waals surface area contributed by atoms with E-state index in [4.69, 9.17) is 0 Å². The molecule has 1 N–H and O–H groups in total. The molecule has 0 radical (unpaired) electrons. The average molecular weight is 202 g/mol. The van der Waals surface area contributed by atoms with Crippen molar-refractivity contribution in [3.8, 4) is 0 Å². The standard InChI is InChI=1S/C12H11FN2/c13-9-3-1-2-8(6-9)10-4-5-12-11(10)7-14-15-12/h1-3,6-7,10H,4-5H2,(H,14,15). The maximum absolute atomic E-state index is 13.1. The predicted octanol–water partition coefficient (Wildman–Crippen LogP) is 2.63. The molecule has 15 heavy (non-hydrogen) atoms. The zero-order valence-corrected chi connectivity index (χ0v) is 8.20. The van der Waals surface area contributed by atoms with Crippen LogP contribution in [0.1, 0.15) is 29.2 Å². The molecule has 1 aromatic carbocycles. The lowest BCUT2D eigenvalue weighted by Crippen LogP contribution is -1.95. The second-order valence-electron chi connectivity index (χ2n) is 3.95. The van der Waals surface area contributed by atoms with E-state index in [1.165, 1.54) is 17.3 Å². The molecule has 0 fully saturated rings. The molecule has 1 aromatic heterocycles. The van der Waals surface area contributed by atoms with Crippen molar-refractivity contribution in [2.45, 2.75) is 18.8 Å². The maximum Gasteiger partial charge on any atom is 0.123 e. The van der Waals surface area contributed by atoms with Crippen molar-refractivity contribution in [2.75, 3.05) is 0 Å². The van der Waals surface area contributed by atoms with Gasteiger partial charge in [-0.05, 0) is 30.5 Å². The Labute approximate surface area is 87.1 Å². The van der Waals surface area contributed by atoms with Crippen LogP contribution in [-0.4, -0.2) is 10.2 Å². The quantitative estimate of drug-likeness (QED) is 0.756. The van der Waals surface area contributed by atoms with Crippen LogP contribution in [0.2, 0.25) is 0 Å². The molecule has 1 atom stereocenters. The van der Waals surface area contributed by atoms with Gasteiger partial charge in [0.1, 0.15) is 5.82 Å². The van der Waals surface area contributed by atoms with Gasteiger partial charge in [-0.3, -0.25) is 5.10 Å². The number of nitrogens with one attached hydrogen (secondary N) is 1. The molecule has 2 aromatic rings. The molecule has 2 nitrogen and oxygen atoms in total. The zero-order valence-electron chi connectivity index (χ0n) is 8.20. The van der Waals surface area contributed by atoms with Gasteiger partial charge in [0.25, 0.3) is 0 Å². The molecule has 3 heteroatoms. The first-order valence-electron chi connectivity index (χ1n) is 5.12. The van der Waals surface area contributed by atoms with E-state index in [9.17, 15) is 4.39 Å². The van der Waals surface area contributed by atoms with Crippen LogP contribution in [0.25, 0.3) is 0 Å². The normalized spacial score (nSPS) is 19.1. The van der Waals surface area contributed by atoms with Crippen molar-refractivity contribution in [1.82, 2.24) is 10.2 Å². The third-order valence-corrected chi connectivity index (χ3v) is 3.06. The van der Waals surface area contributed by atoms with E-state index in [0.29, 0.717) is 5.92 Å². The lowest BCUT2D eigenvalue weighted by atomic mass is 9.95. The van der Waals surface area contributed by atoms with Crippen molar-refractivity contribution < 1.29 is 4.39 Å². The lowest BCUT2D eigenvalue weighted by Gasteiger charge is -2.09. The Hall–Kier alpha value is -1.64. The van der Waals surface area contributed by atoms with Crippen molar-refractivity contribution in [3.05, 3.63) is 53.1 Å². The van der Waals surface area contributed by atoms with Gasteiger partial charge in [0.15, 0.2) is 0 Å². The van der Waals surface area contributed by atoms with E-state index in [1.807, 2.05) is 12.3 Å². The van der Waals surface area contributed by atoms with Gasteiger partial charge in [0, 0.05) is 17.2 Å². The Balaban J connectivity index is 2.03. The number of hydrogen-bond acceptors (Lipinski definition) is 1. The first kappa shape index (κ1) is 8.65. The van der Waals surface area contributed by atoms with Gasteiger partial charge in [0.2, 0.25) is 0 Å². The summed E-state index contributed by atoms with van der Waals surface area (Å²) in [7, 11) is 0. The van der Waals surface area contributed by atoms with Gasteiger partial charge in [-0.25, -0.2) is 4.39 Å². The molecular weight excluding hydrogens is 191 g/mol. The monoisotopic (exact) mass is 202 g/mol. The minimum Gasteiger partial charge on any atom is -0.282 e. The molecule has 1 aliphatic carbocycles. The van der Waals surface area contributed by atoms with Crippen LogP contribution in [0.3, 0.4) is 0 Å². The number of halogens is 1. The Morgan fingerprint density at radius 1 is 1.40 bits per heavy atom. The minimum absolute atomic E-state index is 0.163. The SMILES string of the molecule is Fc1cccc(C2CCc3[nH]ncc32)c1. The van der Waals surface area contributed by atoms with E-state index in [1.54, 1.807) is 12.1 Å². The number of nitrogens with zero attached hydrogens (tertiary/aromatic N) is 1. The number of benzene rings is 1. The fourth-order valence-electron chi connectivity index (χ4n) is 2.34. The molecule has 0 aliphatic heterocycles. The van der Waals surface area contributed by atoms with Gasteiger partial charge in [0.05, 0.1) is 6.20 Å². The summed E-state index contributed by atoms with van der Waals surface area (Å²) in [5.41, 5.74) is 3.47. The fraction of sp³-hybridized carbons (Fsp3) is 0.250. The first-order chi connectivity index (χ1) is 7.34. The van der Waals surface area contributed by atoms with E-state index < -0.39 is 0 Å². The van der Waals surface area contributed by atoms with Crippen molar-refractivity contribution >= 4 is 0 Å². The van der Waals surface area contributed by atoms with Gasteiger partial charge in [-0.2, -0.15) is 5.10 Å². The molecule has 76 valence electrons. The summed E-state index contributed by atoms with van der Waals surface area (Å²) in [5.74, 6) is 0.152. The van der Waals surface area contributed by atoms with Gasteiger partial charge in [-0.1, -0.05) is 12.1 Å². The van der Waals surface area contributed by atoms with Gasteiger partial charge >= 0.3 is 0 Å². The van der Waals surface area contributed by atoms with Crippen LogP contribution in [0.4, 0.5) is 4.39 Å². The molecule has 0 saturated carbocycles. The molecule has 0 spiro atoms. The highest BCUT2D eigenvalue weighted by molar-refractivity contribution is 5.37. The molecular formula is C12H11FN2. The first-order valence-corrected chi connectivity index (χ1v) is 5.12. The Morgan fingerprint density at radius 3 is 3.20 bits per heavy atom. The topological polar surface area (TPSA) is 28.7 Å². The third kappa shape index (κ3) is 1.35. The summed E-state index contributed by atoms with van der Waals surface area (Å²) in [6, 6.07) is 6.85. The van der Waals surface area contributed by atoms with E-state index in [-0.39, 0.29) is 5.82 Å². The summed E-state index contributed by atoms with van der Waals surface area (Å²) in [6.07, 6.45) is 3.92. The van der Waals surface area contributed by atoms with Crippen LogP contribution in [-0.2, 0) is 6.42 Å². The summed E-state index contributed by atoms with van der Waals surface area (Å²) >= 11 is 0. The maximum atomic E-state index is 13.1. The molecule has 0 bridgehead atoms. The number of fused-ring (bicyclic) bond motifs is 1. The highest BCUT2D eigenvalue weighted by Gasteiger charge is 2.25. The summed E-state index contributed by atoms with van der Waals surface area (Å²) in [6.45, 7) is 0. The predicted molar refractivity (Wildman–Crippen MR) is 55.2 cm³/mol. The van der Waals surface area contributed by atoms with Crippen LogP contribution in [0, 0.1) is 5.82 Å². The lowest BCUT2D eigenvalue weighted by molar-refractivity contribution is 0.622. The summed E-state index contributed by atoms with van der Waals surface area (Å²) in [4.78, 5) is 0. The molecule has 1 unspecified atom stereocenters. The molecule has 1 aliphatic rings. The smallest absolute Gasteiger partial charge is 0.123 e. The molecule has 0 amide bonds. The van der Waals surface area contributed by atoms with Gasteiger partial charge < -0.3 is 0 Å². The average Bonchev–Trinajstić information content (AvgIpc) is 2.77. The minimum atomic E-state index is -0.163. The summed E-state index contributed by atoms with van der Waals surface area (Å²) in [5, 5.41) is 7.01. The molecule has 3 rings (SSSR count). The van der Waals surface area contributed by atoms with E-state index in [0.717, 1.165) is 18.4 Å². The fourth-order valence-corrected chi connectivity index (χ4v) is 2.34. The van der Waals surface area contributed by atoms with Crippen LogP contribution in [0.5, 0.6) is 0 Å². The third-order valence-electron chi connectivity index (χ3n) is 3.06. The van der Waals surface area contributed by atoms with Crippen molar-refractivity contribution in [1.29, 1.82) is 0 Å². The van der Waals surface area contributed by atoms with Crippen LogP contribution >= 0.6 is 0 Å². The Kier molecular flexibility index (Phi) is 1.84. The second kappa shape index (κ2) is 3.19. The van der Waals surface area contributed by atoms with Crippen LogP contribution < -0.4 is 0 Å². The van der Waals surface area contributed by atoms with Gasteiger partial charge in [-0.15, -0.1) is 0 Å². The summed E-state index contributed by atoms with van der Waals surface area (Å²) < 4.78 is 13.1. The number of aromatic amines is 1. The highest BCUT2D eigenvalue weighted by Crippen LogP contribution is 2.36. The zero-order chi connectivity index (χ0) is 10.3. The number of aromatic nitrogens is 2. The van der Waals surface area contributed by atoms with E-state index >= 15 is 0 Å². The highest BCUT2D eigenvalue weighted by atomic mass is 19.1.